The molecule has 5 N–H and O–H groups in total. The van der Waals surface area contributed by atoms with Gasteiger partial charge in [-0.3, -0.25) is 15.0 Å². The second kappa shape index (κ2) is 8.16. The lowest BCUT2D eigenvalue weighted by atomic mass is 10.2. The Labute approximate surface area is 87.8 Å². The predicted octanol–water partition coefficient (Wildman–Crippen LogP) is -1.95. The Hall–Kier alpha value is -1.18. The third-order valence-corrected chi connectivity index (χ3v) is 1.56. The summed E-state index contributed by atoms with van der Waals surface area (Å²) in [6.45, 7) is 2.34. The standard InChI is InChI=1S/C8H17N3O4/c1-2-9-8(15)6(5-7(13)14)11-10-3-4-12/h6,10-12H,2-5H2,1H3,(H,9,15)(H,13,14)/t6-/m0/s1. The van der Waals surface area contributed by atoms with Crippen LogP contribution < -0.4 is 16.2 Å². The van der Waals surface area contributed by atoms with Gasteiger partial charge in [-0.25, -0.2) is 5.43 Å². The highest BCUT2D eigenvalue weighted by Crippen LogP contribution is 1.91. The van der Waals surface area contributed by atoms with Crippen LogP contribution in [0.3, 0.4) is 0 Å². The summed E-state index contributed by atoms with van der Waals surface area (Å²) < 4.78 is 0. The van der Waals surface area contributed by atoms with Crippen LogP contribution in [0.5, 0.6) is 0 Å². The van der Waals surface area contributed by atoms with Crippen molar-refractivity contribution >= 4 is 11.9 Å². The summed E-state index contributed by atoms with van der Waals surface area (Å²) in [4.78, 5) is 21.8. The summed E-state index contributed by atoms with van der Waals surface area (Å²) in [5, 5.41) is 19.6. The maximum atomic E-state index is 11.3. The fraction of sp³-hybridized carbons (Fsp3) is 0.750. The first-order valence-corrected chi connectivity index (χ1v) is 4.70. The van der Waals surface area contributed by atoms with Crippen molar-refractivity contribution in [1.82, 2.24) is 16.2 Å². The number of hydrogen-bond donors (Lipinski definition) is 5. The van der Waals surface area contributed by atoms with Gasteiger partial charge < -0.3 is 15.5 Å². The van der Waals surface area contributed by atoms with Crippen molar-refractivity contribution in [3.8, 4) is 0 Å². The zero-order chi connectivity index (χ0) is 11.7. The van der Waals surface area contributed by atoms with Gasteiger partial charge in [0.2, 0.25) is 5.91 Å². The fourth-order valence-electron chi connectivity index (χ4n) is 0.933. The zero-order valence-corrected chi connectivity index (χ0v) is 8.62. The number of nitrogens with one attached hydrogen (secondary N) is 3. The molecule has 0 aliphatic rings. The fourth-order valence-corrected chi connectivity index (χ4v) is 0.933. The lowest BCUT2D eigenvalue weighted by Gasteiger charge is -2.16. The zero-order valence-electron chi connectivity index (χ0n) is 8.62. The van der Waals surface area contributed by atoms with E-state index in [2.05, 4.69) is 16.2 Å². The largest absolute Gasteiger partial charge is 0.481 e. The number of hydrazine groups is 1. The normalized spacial score (nSPS) is 12.1. The van der Waals surface area contributed by atoms with E-state index in [9.17, 15) is 9.59 Å². The van der Waals surface area contributed by atoms with Crippen LogP contribution in [0.25, 0.3) is 0 Å². The molecule has 0 fully saturated rings. The lowest BCUT2D eigenvalue weighted by Crippen LogP contribution is -2.51. The van der Waals surface area contributed by atoms with Gasteiger partial charge in [0.1, 0.15) is 6.04 Å². The molecule has 0 heterocycles. The Morgan fingerprint density at radius 3 is 2.53 bits per heavy atom. The van der Waals surface area contributed by atoms with E-state index in [-0.39, 0.29) is 25.5 Å². The third kappa shape index (κ3) is 6.83. The molecule has 1 atom stereocenters. The number of carbonyl (C=O) groups is 2. The Balaban J connectivity index is 4.05. The molecule has 0 aromatic rings. The third-order valence-electron chi connectivity index (χ3n) is 1.56. The van der Waals surface area contributed by atoms with Crippen molar-refractivity contribution in [3.05, 3.63) is 0 Å². The van der Waals surface area contributed by atoms with Gasteiger partial charge >= 0.3 is 5.97 Å². The highest BCUT2D eigenvalue weighted by atomic mass is 16.4. The molecule has 0 unspecified atom stereocenters. The number of aliphatic carboxylic acids is 1. The van der Waals surface area contributed by atoms with Crippen LogP contribution in [0.15, 0.2) is 0 Å². The van der Waals surface area contributed by atoms with Gasteiger partial charge in [-0.1, -0.05) is 0 Å². The summed E-state index contributed by atoms with van der Waals surface area (Å²) in [6.07, 6.45) is -0.315. The summed E-state index contributed by atoms with van der Waals surface area (Å²) in [6, 6.07) is -0.839. The summed E-state index contributed by atoms with van der Waals surface area (Å²) >= 11 is 0. The molecule has 0 radical (unpaired) electrons. The van der Waals surface area contributed by atoms with Crippen molar-refractivity contribution in [2.75, 3.05) is 19.7 Å². The average molecular weight is 219 g/mol. The highest BCUT2D eigenvalue weighted by molar-refractivity contribution is 5.85. The van der Waals surface area contributed by atoms with E-state index in [4.69, 9.17) is 10.2 Å². The van der Waals surface area contributed by atoms with Gasteiger partial charge in [0.05, 0.1) is 13.0 Å². The molecule has 0 aromatic carbocycles. The SMILES string of the molecule is CCNC(=O)[C@H](CC(=O)O)NNCCO. The number of rotatable bonds is 8. The Morgan fingerprint density at radius 1 is 1.40 bits per heavy atom. The molecule has 0 rings (SSSR count). The van der Waals surface area contributed by atoms with E-state index in [0.717, 1.165) is 0 Å². The molecule has 7 heteroatoms. The van der Waals surface area contributed by atoms with Crippen LogP contribution in [-0.4, -0.2) is 47.8 Å². The second-order valence-corrected chi connectivity index (χ2v) is 2.84. The van der Waals surface area contributed by atoms with Crippen LogP contribution in [0.1, 0.15) is 13.3 Å². The van der Waals surface area contributed by atoms with Crippen LogP contribution in [0, 0.1) is 0 Å². The van der Waals surface area contributed by atoms with E-state index in [1.165, 1.54) is 0 Å². The predicted molar refractivity (Wildman–Crippen MR) is 52.9 cm³/mol. The van der Waals surface area contributed by atoms with Gasteiger partial charge in [0.25, 0.3) is 0 Å². The number of aliphatic hydroxyl groups excluding tert-OH is 1. The van der Waals surface area contributed by atoms with Crippen LogP contribution >= 0.6 is 0 Å². The molecule has 0 bridgehead atoms. The van der Waals surface area contributed by atoms with Crippen LogP contribution in [0.4, 0.5) is 0 Å². The Morgan fingerprint density at radius 2 is 2.07 bits per heavy atom. The van der Waals surface area contributed by atoms with E-state index in [1.807, 2.05) is 0 Å². The molecule has 88 valence electrons. The van der Waals surface area contributed by atoms with Crippen molar-refractivity contribution in [2.45, 2.75) is 19.4 Å². The van der Waals surface area contributed by atoms with Gasteiger partial charge in [-0.05, 0) is 6.92 Å². The summed E-state index contributed by atoms with van der Waals surface area (Å²) in [7, 11) is 0. The maximum absolute atomic E-state index is 11.3. The number of aliphatic hydroxyl groups is 1. The van der Waals surface area contributed by atoms with Crippen molar-refractivity contribution < 1.29 is 19.8 Å². The number of carbonyl (C=O) groups excluding carboxylic acids is 1. The minimum absolute atomic E-state index is 0.0951. The Bertz CT molecular complexity index is 210. The summed E-state index contributed by atoms with van der Waals surface area (Å²) in [5.74, 6) is -1.45. The van der Waals surface area contributed by atoms with Gasteiger partial charge in [-0.2, -0.15) is 0 Å². The van der Waals surface area contributed by atoms with Crippen molar-refractivity contribution in [1.29, 1.82) is 0 Å². The minimum atomic E-state index is -1.07. The topological polar surface area (TPSA) is 111 Å². The van der Waals surface area contributed by atoms with Gasteiger partial charge in [-0.15, -0.1) is 0 Å². The molecule has 0 saturated carbocycles. The monoisotopic (exact) mass is 219 g/mol. The first-order chi connectivity index (χ1) is 7.11. The highest BCUT2D eigenvalue weighted by Gasteiger charge is 2.20. The van der Waals surface area contributed by atoms with Crippen molar-refractivity contribution in [3.63, 3.8) is 0 Å². The molecule has 7 nitrogen and oxygen atoms in total. The van der Waals surface area contributed by atoms with Gasteiger partial charge in [0, 0.05) is 13.1 Å². The molecule has 15 heavy (non-hydrogen) atoms. The summed E-state index contributed by atoms with van der Waals surface area (Å²) in [5.41, 5.74) is 5.09. The molecule has 0 aromatic heterocycles. The quantitative estimate of drug-likeness (QED) is 0.240. The number of hydrogen-bond acceptors (Lipinski definition) is 5. The van der Waals surface area contributed by atoms with E-state index in [0.29, 0.717) is 6.54 Å². The molecular formula is C8H17N3O4. The average Bonchev–Trinajstić information content (AvgIpc) is 2.16. The minimum Gasteiger partial charge on any atom is -0.481 e. The molecule has 0 aliphatic carbocycles. The number of likely N-dealkylation sites (N-methyl/N-ethyl adjacent to an activating group) is 1. The number of carboxylic acid groups (broad SMARTS) is 1. The molecule has 0 aliphatic heterocycles. The van der Waals surface area contributed by atoms with E-state index in [1.54, 1.807) is 6.92 Å². The first kappa shape index (κ1) is 13.8. The molecular weight excluding hydrogens is 202 g/mol. The first-order valence-electron chi connectivity index (χ1n) is 4.70. The maximum Gasteiger partial charge on any atom is 0.305 e. The van der Waals surface area contributed by atoms with Crippen LogP contribution in [-0.2, 0) is 9.59 Å². The number of carboxylic acids is 1. The van der Waals surface area contributed by atoms with E-state index < -0.39 is 12.0 Å². The van der Waals surface area contributed by atoms with E-state index >= 15 is 0 Å². The smallest absolute Gasteiger partial charge is 0.305 e. The van der Waals surface area contributed by atoms with Gasteiger partial charge in [0.15, 0.2) is 0 Å². The molecule has 0 spiro atoms. The molecule has 0 saturated heterocycles. The van der Waals surface area contributed by atoms with Crippen LogP contribution in [0.2, 0.25) is 0 Å². The lowest BCUT2D eigenvalue weighted by molar-refractivity contribution is -0.140. The molecule has 1 amide bonds. The second-order valence-electron chi connectivity index (χ2n) is 2.84. The van der Waals surface area contributed by atoms with Crippen molar-refractivity contribution in [2.24, 2.45) is 0 Å². The Kier molecular flexibility index (Phi) is 7.51. The number of amides is 1.